The fraction of sp³-hybridized carbons (Fsp3) is 0.429. The lowest BCUT2D eigenvalue weighted by atomic mass is 9.84. The van der Waals surface area contributed by atoms with E-state index in [1.807, 2.05) is 49.9 Å². The molecule has 4 amide bonds. The van der Waals surface area contributed by atoms with Crippen LogP contribution in [0.1, 0.15) is 121 Å². The maximum Gasteiger partial charge on any atom is 0.407 e. The molecule has 71 heavy (non-hydrogen) atoms. The Labute approximate surface area is 416 Å². The molecule has 1 aliphatic carbocycles. The predicted octanol–water partition coefficient (Wildman–Crippen LogP) is 10.7. The Morgan fingerprint density at radius 1 is 0.549 bits per heavy atom. The third-order valence-corrected chi connectivity index (χ3v) is 14.8. The number of nitrogens with one attached hydrogen (secondary N) is 4. The molecule has 2 aliphatic heterocycles. The predicted molar refractivity (Wildman–Crippen MR) is 273 cm³/mol. The summed E-state index contributed by atoms with van der Waals surface area (Å²) in [6.07, 6.45) is 12.0. The SMILES string of the molecule is COC(=O)NC(C(=O)N1CCCC1c1ncc(-c2ccc(-c3ccc(-c4ccc(-c5cnc(C6CCCN6C(=O)C(NC(=O)OC)C(C)C)[nH]5)cc4)n3-c3ccc(C4CCCCC4)cc3)cc2)[nH]1)C(C)C. The van der Waals surface area contributed by atoms with Gasteiger partial charge in [-0.1, -0.05) is 108 Å². The van der Waals surface area contributed by atoms with Crippen LogP contribution in [-0.2, 0) is 19.1 Å². The number of likely N-dealkylation sites (tertiary alicyclic amines) is 2. The van der Waals surface area contributed by atoms with E-state index in [2.05, 4.69) is 110 Å². The lowest BCUT2D eigenvalue weighted by Crippen LogP contribution is -2.51. The van der Waals surface area contributed by atoms with Crippen molar-refractivity contribution in [2.45, 2.75) is 116 Å². The van der Waals surface area contributed by atoms with Crippen molar-refractivity contribution < 1.29 is 28.7 Å². The molecule has 3 aromatic carbocycles. The number of rotatable bonds is 14. The van der Waals surface area contributed by atoms with Gasteiger partial charge < -0.3 is 44.4 Å². The number of imidazole rings is 2. The first-order valence-electron chi connectivity index (χ1n) is 25.4. The Morgan fingerprint density at radius 2 is 0.972 bits per heavy atom. The molecule has 3 fully saturated rings. The van der Waals surface area contributed by atoms with E-state index in [0.29, 0.717) is 19.0 Å². The molecule has 3 aliphatic rings. The van der Waals surface area contributed by atoms with Gasteiger partial charge in [0.05, 0.1) is 61.5 Å². The molecule has 3 aromatic heterocycles. The smallest absolute Gasteiger partial charge is 0.407 e. The summed E-state index contributed by atoms with van der Waals surface area (Å²) in [5, 5.41) is 5.46. The number of carbonyl (C=O) groups excluding carboxylic acids is 4. The number of amides is 4. The third-order valence-electron chi connectivity index (χ3n) is 14.8. The van der Waals surface area contributed by atoms with Crippen molar-refractivity contribution in [3.63, 3.8) is 0 Å². The van der Waals surface area contributed by atoms with E-state index in [-0.39, 0.29) is 35.7 Å². The zero-order chi connectivity index (χ0) is 49.8. The van der Waals surface area contributed by atoms with Gasteiger partial charge in [-0.3, -0.25) is 9.59 Å². The highest BCUT2D eigenvalue weighted by Crippen LogP contribution is 2.39. The second kappa shape index (κ2) is 21.5. The molecule has 2 saturated heterocycles. The quantitative estimate of drug-likeness (QED) is 0.0833. The maximum absolute atomic E-state index is 13.8. The minimum atomic E-state index is -0.701. The van der Waals surface area contributed by atoms with Crippen molar-refractivity contribution in [3.05, 3.63) is 115 Å². The van der Waals surface area contributed by atoms with E-state index in [4.69, 9.17) is 19.4 Å². The van der Waals surface area contributed by atoms with E-state index in [1.54, 1.807) is 0 Å². The van der Waals surface area contributed by atoms with Crippen LogP contribution < -0.4 is 10.6 Å². The fourth-order valence-corrected chi connectivity index (χ4v) is 10.8. The van der Waals surface area contributed by atoms with Gasteiger partial charge in [0.1, 0.15) is 23.7 Å². The van der Waals surface area contributed by atoms with Crippen LogP contribution in [0.25, 0.3) is 50.7 Å². The summed E-state index contributed by atoms with van der Waals surface area (Å²) in [6, 6.07) is 28.7. The van der Waals surface area contributed by atoms with Gasteiger partial charge in [0.2, 0.25) is 11.8 Å². The summed E-state index contributed by atoms with van der Waals surface area (Å²) < 4.78 is 12.0. The number of carbonyl (C=O) groups is 4. The van der Waals surface area contributed by atoms with Gasteiger partial charge in [0.25, 0.3) is 0 Å². The van der Waals surface area contributed by atoms with E-state index in [9.17, 15) is 19.2 Å². The molecule has 4 atom stereocenters. The van der Waals surface area contributed by atoms with Crippen LogP contribution in [0.2, 0.25) is 0 Å². The highest BCUT2D eigenvalue weighted by Gasteiger charge is 2.39. The highest BCUT2D eigenvalue weighted by molar-refractivity contribution is 5.87. The highest BCUT2D eigenvalue weighted by atomic mass is 16.5. The molecular weight excluding hydrogens is 895 g/mol. The van der Waals surface area contributed by atoms with Crippen LogP contribution in [0.4, 0.5) is 9.59 Å². The van der Waals surface area contributed by atoms with E-state index < -0.39 is 24.3 Å². The first-order valence-corrected chi connectivity index (χ1v) is 25.4. The lowest BCUT2D eigenvalue weighted by molar-refractivity contribution is -0.136. The Hall–Kier alpha value is -7.16. The number of nitrogens with zero attached hydrogens (tertiary/aromatic N) is 5. The van der Waals surface area contributed by atoms with Crippen molar-refractivity contribution in [2.24, 2.45) is 11.8 Å². The van der Waals surface area contributed by atoms with Crippen molar-refractivity contribution in [3.8, 4) is 50.7 Å². The van der Waals surface area contributed by atoms with Gasteiger partial charge in [0.15, 0.2) is 0 Å². The molecular formula is C56H67N9O6. The van der Waals surface area contributed by atoms with Gasteiger partial charge in [-0.2, -0.15) is 0 Å². The summed E-state index contributed by atoms with van der Waals surface area (Å²) >= 11 is 0. The van der Waals surface area contributed by atoms with Gasteiger partial charge in [-0.05, 0) is 108 Å². The van der Waals surface area contributed by atoms with Crippen molar-refractivity contribution in [2.75, 3.05) is 27.3 Å². The first kappa shape index (κ1) is 48.8. The summed E-state index contributed by atoms with van der Waals surface area (Å²) in [5.41, 5.74) is 10.4. The second-order valence-corrected chi connectivity index (χ2v) is 20.0. The number of H-pyrrole nitrogens is 2. The number of aromatic nitrogens is 5. The summed E-state index contributed by atoms with van der Waals surface area (Å²) in [7, 11) is 2.60. The van der Waals surface area contributed by atoms with Crippen LogP contribution in [0.15, 0.2) is 97.3 Å². The Balaban J connectivity index is 0.967. The Bertz CT molecular complexity index is 2640. The molecule has 4 N–H and O–H groups in total. The largest absolute Gasteiger partial charge is 0.453 e. The second-order valence-electron chi connectivity index (χ2n) is 20.0. The molecule has 15 heteroatoms. The number of ether oxygens (including phenoxy) is 2. The molecule has 0 spiro atoms. The molecule has 0 bridgehead atoms. The van der Waals surface area contributed by atoms with Gasteiger partial charge in [-0.15, -0.1) is 0 Å². The fourth-order valence-electron chi connectivity index (χ4n) is 10.8. The van der Waals surface area contributed by atoms with Crippen molar-refractivity contribution in [1.29, 1.82) is 0 Å². The molecule has 4 unspecified atom stereocenters. The average molecular weight is 962 g/mol. The summed E-state index contributed by atoms with van der Waals surface area (Å²) in [6.45, 7) is 8.83. The van der Waals surface area contributed by atoms with Crippen LogP contribution in [0.3, 0.4) is 0 Å². The average Bonchev–Trinajstić information content (AvgIpc) is 4.27. The number of benzene rings is 3. The minimum absolute atomic E-state index is 0.117. The summed E-state index contributed by atoms with van der Waals surface area (Å²) in [5.74, 6) is 1.54. The Kier molecular flexibility index (Phi) is 14.8. The van der Waals surface area contributed by atoms with Crippen LogP contribution in [0.5, 0.6) is 0 Å². The van der Waals surface area contributed by atoms with Crippen LogP contribution in [0, 0.1) is 11.8 Å². The summed E-state index contributed by atoms with van der Waals surface area (Å²) in [4.78, 5) is 72.0. The van der Waals surface area contributed by atoms with E-state index >= 15 is 0 Å². The van der Waals surface area contributed by atoms with E-state index in [0.717, 1.165) is 88.0 Å². The van der Waals surface area contributed by atoms with Gasteiger partial charge in [-0.25, -0.2) is 19.6 Å². The lowest BCUT2D eigenvalue weighted by Gasteiger charge is -2.30. The van der Waals surface area contributed by atoms with Crippen molar-refractivity contribution >= 4 is 24.0 Å². The maximum atomic E-state index is 13.8. The zero-order valence-electron chi connectivity index (χ0n) is 41.7. The first-order chi connectivity index (χ1) is 34.4. The monoisotopic (exact) mass is 962 g/mol. The Morgan fingerprint density at radius 3 is 1.38 bits per heavy atom. The zero-order valence-corrected chi connectivity index (χ0v) is 41.7. The molecule has 9 rings (SSSR count). The third kappa shape index (κ3) is 10.4. The number of hydrogen-bond donors (Lipinski definition) is 4. The van der Waals surface area contributed by atoms with Crippen molar-refractivity contribution in [1.82, 2.24) is 44.9 Å². The number of alkyl carbamates (subject to hydrolysis) is 2. The number of methoxy groups -OCH3 is 2. The number of hydrogen-bond acceptors (Lipinski definition) is 8. The number of aromatic amines is 2. The molecule has 5 heterocycles. The van der Waals surface area contributed by atoms with E-state index in [1.165, 1.54) is 51.9 Å². The van der Waals surface area contributed by atoms with Gasteiger partial charge in [0, 0.05) is 18.8 Å². The van der Waals surface area contributed by atoms with Crippen LogP contribution in [-0.4, -0.2) is 97.7 Å². The topological polar surface area (TPSA) is 180 Å². The molecule has 1 saturated carbocycles. The van der Waals surface area contributed by atoms with Gasteiger partial charge >= 0.3 is 12.2 Å². The molecule has 15 nitrogen and oxygen atoms in total. The minimum Gasteiger partial charge on any atom is -0.453 e. The standard InChI is InChI=1S/C56H67N9O6/c1-34(2)49(61-55(68)70-5)53(66)63-30-10-14-47(63)51-57-32-43(59-51)38-16-20-40(21-17-38)45-28-29-46(65(45)42-26-24-37(25-27-42)36-12-8-7-9-13-36)41-22-18-39(19-23-41)44-33-58-52(60-44)48-15-11-31-64(48)54(67)50(35(3)4)62-56(69)71-6/h16-29,32-36,47-50H,7-15,30-31H2,1-6H3,(H,57,59)(H,58,60)(H,61,68)(H,62,69). The molecule has 6 aromatic rings. The normalized spacial score (nSPS) is 18.2. The molecule has 0 radical (unpaired) electrons. The molecule has 372 valence electrons. The van der Waals surface area contributed by atoms with Crippen LogP contribution >= 0.6 is 0 Å².